The van der Waals surface area contributed by atoms with Crippen molar-refractivity contribution >= 4 is 21.8 Å². The summed E-state index contributed by atoms with van der Waals surface area (Å²) in [5, 5.41) is 5.63. The van der Waals surface area contributed by atoms with Crippen LogP contribution in [0.4, 0.5) is 0 Å². The molecule has 2 aromatic rings. The summed E-state index contributed by atoms with van der Waals surface area (Å²) in [5.74, 6) is 0.548. The minimum Gasteiger partial charge on any atom is -0.493 e. The van der Waals surface area contributed by atoms with Crippen molar-refractivity contribution in [3.05, 3.63) is 71.8 Å². The van der Waals surface area contributed by atoms with Gasteiger partial charge in [0.15, 0.2) is 0 Å². The maximum atomic E-state index is 13.3. The standard InChI is InChI=1S/C27H31N3O6S/c1-2-24(31)29-25-16-21-11-14-30(17-23(21)36-25)37(33,34)22-8-6-20(7-9-22)27(32)28-13-10-18-4-3-5-19-12-15-35-26(18)19/h2-9,21,23,25H,1,10-17H2,(H,28,32)(H,29,31). The van der Waals surface area contributed by atoms with Crippen LogP contribution < -0.4 is 15.4 Å². The highest BCUT2D eigenvalue weighted by atomic mass is 32.2. The highest BCUT2D eigenvalue weighted by molar-refractivity contribution is 7.89. The Morgan fingerprint density at radius 1 is 1.16 bits per heavy atom. The van der Waals surface area contributed by atoms with Crippen LogP contribution in [0.2, 0.25) is 0 Å². The van der Waals surface area contributed by atoms with Crippen LogP contribution in [0.3, 0.4) is 0 Å². The van der Waals surface area contributed by atoms with Crippen LogP contribution >= 0.6 is 0 Å². The summed E-state index contributed by atoms with van der Waals surface area (Å²) in [4.78, 5) is 24.3. The van der Waals surface area contributed by atoms with Crippen LogP contribution in [-0.2, 0) is 32.4 Å². The number of sulfonamides is 1. The van der Waals surface area contributed by atoms with Crippen molar-refractivity contribution in [2.24, 2.45) is 5.92 Å². The van der Waals surface area contributed by atoms with E-state index in [0.29, 0.717) is 44.5 Å². The number of ether oxygens (including phenoxy) is 2. The Labute approximate surface area is 216 Å². The van der Waals surface area contributed by atoms with E-state index in [0.717, 1.165) is 17.7 Å². The Morgan fingerprint density at radius 2 is 1.97 bits per heavy atom. The van der Waals surface area contributed by atoms with Crippen molar-refractivity contribution in [2.45, 2.75) is 42.9 Å². The Hall–Kier alpha value is -3.21. The number of piperidine rings is 1. The van der Waals surface area contributed by atoms with E-state index in [4.69, 9.17) is 9.47 Å². The molecule has 5 rings (SSSR count). The summed E-state index contributed by atoms with van der Waals surface area (Å²) >= 11 is 0. The van der Waals surface area contributed by atoms with E-state index in [1.807, 2.05) is 12.1 Å². The molecule has 3 unspecified atom stereocenters. The lowest BCUT2D eigenvalue weighted by molar-refractivity contribution is -0.120. The molecular formula is C27H31N3O6S. The van der Waals surface area contributed by atoms with Crippen LogP contribution in [0.15, 0.2) is 60.0 Å². The molecule has 2 amide bonds. The lowest BCUT2D eigenvalue weighted by Gasteiger charge is -2.33. The minimum absolute atomic E-state index is 0.133. The van der Waals surface area contributed by atoms with Gasteiger partial charge in [0.05, 0.1) is 17.6 Å². The van der Waals surface area contributed by atoms with Crippen LogP contribution in [0, 0.1) is 5.92 Å². The van der Waals surface area contributed by atoms with Gasteiger partial charge in [-0.25, -0.2) is 8.42 Å². The largest absolute Gasteiger partial charge is 0.493 e. The van der Waals surface area contributed by atoms with E-state index in [-0.39, 0.29) is 35.3 Å². The molecule has 0 spiro atoms. The third-order valence-electron chi connectivity index (χ3n) is 7.23. The predicted molar refractivity (Wildman–Crippen MR) is 137 cm³/mol. The number of nitrogens with zero attached hydrogens (tertiary/aromatic N) is 1. The summed E-state index contributed by atoms with van der Waals surface area (Å²) in [7, 11) is -3.74. The number of para-hydroxylation sites is 1. The van der Waals surface area contributed by atoms with Gasteiger partial charge in [0.1, 0.15) is 12.0 Å². The normalized spacial score (nSPS) is 23.0. The van der Waals surface area contributed by atoms with Crippen molar-refractivity contribution in [3.63, 3.8) is 0 Å². The Morgan fingerprint density at radius 3 is 2.76 bits per heavy atom. The van der Waals surface area contributed by atoms with Gasteiger partial charge in [0.2, 0.25) is 15.9 Å². The maximum Gasteiger partial charge on any atom is 0.251 e. The van der Waals surface area contributed by atoms with E-state index in [1.54, 1.807) is 0 Å². The average molecular weight is 526 g/mol. The molecule has 0 radical (unpaired) electrons. The first-order chi connectivity index (χ1) is 17.8. The highest BCUT2D eigenvalue weighted by Gasteiger charge is 2.42. The molecular weight excluding hydrogens is 494 g/mol. The van der Waals surface area contributed by atoms with Gasteiger partial charge in [-0.05, 0) is 66.6 Å². The zero-order chi connectivity index (χ0) is 26.0. The third kappa shape index (κ3) is 5.41. The Bertz CT molecular complexity index is 1290. The average Bonchev–Trinajstić information content (AvgIpc) is 3.55. The molecule has 9 nitrogen and oxygen atoms in total. The van der Waals surface area contributed by atoms with Gasteiger partial charge < -0.3 is 20.1 Å². The second-order valence-corrected chi connectivity index (χ2v) is 11.5. The predicted octanol–water partition coefficient (Wildman–Crippen LogP) is 2.02. The van der Waals surface area contributed by atoms with Crippen molar-refractivity contribution in [1.29, 1.82) is 0 Å². The molecule has 2 fully saturated rings. The first-order valence-corrected chi connectivity index (χ1v) is 14.0. The first-order valence-electron chi connectivity index (χ1n) is 12.6. The van der Waals surface area contributed by atoms with Gasteiger partial charge in [0.25, 0.3) is 5.91 Å². The molecule has 2 saturated heterocycles. The summed E-state index contributed by atoms with van der Waals surface area (Å²) in [5.41, 5.74) is 2.66. The zero-order valence-corrected chi connectivity index (χ0v) is 21.3. The topological polar surface area (TPSA) is 114 Å². The van der Waals surface area contributed by atoms with Crippen LogP contribution in [0.5, 0.6) is 5.75 Å². The van der Waals surface area contributed by atoms with Crippen molar-refractivity contribution in [2.75, 3.05) is 26.2 Å². The molecule has 0 aliphatic carbocycles. The van der Waals surface area contributed by atoms with Gasteiger partial charge in [-0.15, -0.1) is 0 Å². The monoisotopic (exact) mass is 525 g/mol. The fourth-order valence-corrected chi connectivity index (χ4v) is 6.72. The lowest BCUT2D eigenvalue weighted by atomic mass is 9.94. The summed E-state index contributed by atoms with van der Waals surface area (Å²) < 4.78 is 39.5. The molecule has 10 heteroatoms. The van der Waals surface area contributed by atoms with Crippen molar-refractivity contribution in [1.82, 2.24) is 14.9 Å². The Kier molecular flexibility index (Phi) is 7.32. The molecule has 2 aromatic carbocycles. The third-order valence-corrected chi connectivity index (χ3v) is 9.11. The fourth-order valence-electron chi connectivity index (χ4n) is 5.25. The lowest BCUT2D eigenvalue weighted by Crippen LogP contribution is -2.45. The van der Waals surface area contributed by atoms with Gasteiger partial charge in [-0.2, -0.15) is 4.31 Å². The number of nitrogens with one attached hydrogen (secondary N) is 2. The molecule has 3 aliphatic rings. The highest BCUT2D eigenvalue weighted by Crippen LogP contribution is 2.34. The molecule has 2 N–H and O–H groups in total. The van der Waals surface area contributed by atoms with Crippen LogP contribution in [0.1, 0.15) is 34.3 Å². The smallest absolute Gasteiger partial charge is 0.251 e. The van der Waals surface area contributed by atoms with E-state index in [1.165, 1.54) is 40.2 Å². The number of amides is 2. The van der Waals surface area contributed by atoms with Gasteiger partial charge in [-0.1, -0.05) is 24.8 Å². The summed E-state index contributed by atoms with van der Waals surface area (Å²) in [6.45, 7) is 5.18. The van der Waals surface area contributed by atoms with E-state index in [2.05, 4.69) is 23.3 Å². The van der Waals surface area contributed by atoms with Gasteiger partial charge >= 0.3 is 0 Å². The van der Waals surface area contributed by atoms with Gasteiger partial charge in [0, 0.05) is 31.6 Å². The molecule has 3 atom stereocenters. The molecule has 37 heavy (non-hydrogen) atoms. The maximum absolute atomic E-state index is 13.3. The van der Waals surface area contributed by atoms with E-state index >= 15 is 0 Å². The minimum atomic E-state index is -3.74. The number of hydrogen-bond acceptors (Lipinski definition) is 6. The van der Waals surface area contributed by atoms with Crippen LogP contribution in [-0.4, -0.2) is 63.1 Å². The molecule has 0 aromatic heterocycles. The zero-order valence-electron chi connectivity index (χ0n) is 20.5. The second kappa shape index (κ2) is 10.6. The number of rotatable bonds is 8. The first kappa shape index (κ1) is 25.4. The van der Waals surface area contributed by atoms with E-state index < -0.39 is 16.3 Å². The molecule has 196 valence electrons. The van der Waals surface area contributed by atoms with E-state index in [9.17, 15) is 18.0 Å². The Balaban J connectivity index is 1.16. The molecule has 0 saturated carbocycles. The molecule has 3 aliphatic heterocycles. The fraction of sp³-hybridized carbons (Fsp3) is 0.407. The number of carbonyl (C=O) groups is 2. The van der Waals surface area contributed by atoms with Crippen molar-refractivity contribution < 1.29 is 27.5 Å². The SMILES string of the molecule is C=CC(=O)NC1CC2CCN(S(=O)(=O)c3ccc(C(=O)NCCc4cccc5c4OCC5)cc3)CC2O1. The second-order valence-electron chi connectivity index (χ2n) is 9.56. The van der Waals surface area contributed by atoms with Crippen molar-refractivity contribution in [3.8, 4) is 5.75 Å². The van der Waals surface area contributed by atoms with Crippen LogP contribution in [0.25, 0.3) is 0 Å². The number of fused-ring (bicyclic) bond motifs is 2. The quantitative estimate of drug-likeness (QED) is 0.510. The molecule has 0 bridgehead atoms. The van der Waals surface area contributed by atoms with Gasteiger partial charge in [-0.3, -0.25) is 9.59 Å². The number of carbonyl (C=O) groups excluding carboxylic acids is 2. The summed E-state index contributed by atoms with van der Waals surface area (Å²) in [6, 6.07) is 12.1. The molecule has 3 heterocycles. The summed E-state index contributed by atoms with van der Waals surface area (Å²) in [6.07, 6.45) is 3.35. The number of hydrogen-bond donors (Lipinski definition) is 2. The number of benzene rings is 2.